The number of aryl methyl sites for hydroxylation is 1. The van der Waals surface area contributed by atoms with Crippen molar-refractivity contribution in [2.75, 3.05) is 7.05 Å². The van der Waals surface area contributed by atoms with Crippen LogP contribution >= 0.6 is 0 Å². The fourth-order valence-electron chi connectivity index (χ4n) is 3.55. The summed E-state index contributed by atoms with van der Waals surface area (Å²) < 4.78 is 5.98. The van der Waals surface area contributed by atoms with Gasteiger partial charge in [-0.15, -0.1) is 0 Å². The Kier molecular flexibility index (Phi) is 3.40. The highest BCUT2D eigenvalue weighted by Crippen LogP contribution is 2.40. The molecule has 2 fully saturated rings. The molecule has 4 unspecified atom stereocenters. The quantitative estimate of drug-likeness (QED) is 0.880. The zero-order chi connectivity index (χ0) is 12.5. The van der Waals surface area contributed by atoms with Gasteiger partial charge in [-0.3, -0.25) is 0 Å². The minimum absolute atomic E-state index is 0.512. The van der Waals surface area contributed by atoms with Crippen molar-refractivity contribution >= 4 is 0 Å². The van der Waals surface area contributed by atoms with Crippen LogP contribution in [0.25, 0.3) is 0 Å². The average Bonchev–Trinajstić information content (AvgIpc) is 3.00. The van der Waals surface area contributed by atoms with Crippen LogP contribution in [0, 0.1) is 12.8 Å². The van der Waals surface area contributed by atoms with E-state index in [-0.39, 0.29) is 0 Å². The van der Waals surface area contributed by atoms with Gasteiger partial charge in [0.2, 0.25) is 0 Å². The highest BCUT2D eigenvalue weighted by Gasteiger charge is 2.43. The Labute approximate surface area is 110 Å². The molecule has 0 spiro atoms. The fourth-order valence-corrected chi connectivity index (χ4v) is 3.55. The molecule has 1 aromatic carbocycles. The lowest BCUT2D eigenvalue weighted by molar-refractivity contribution is 0.0863. The first-order valence-corrected chi connectivity index (χ1v) is 7.14. The van der Waals surface area contributed by atoms with E-state index in [0.29, 0.717) is 24.2 Å². The summed E-state index contributed by atoms with van der Waals surface area (Å²) >= 11 is 0. The Hall–Kier alpha value is -0.860. The summed E-state index contributed by atoms with van der Waals surface area (Å²) in [6.45, 7) is 2.14. The molecule has 3 rings (SSSR count). The van der Waals surface area contributed by atoms with Crippen LogP contribution in [0.2, 0.25) is 0 Å². The van der Waals surface area contributed by atoms with Crippen LogP contribution in [0.5, 0.6) is 0 Å². The molecule has 4 atom stereocenters. The molecular weight excluding hydrogens is 222 g/mol. The number of hydrogen-bond donors (Lipinski definition) is 1. The molecule has 2 bridgehead atoms. The largest absolute Gasteiger partial charge is 0.375 e. The molecule has 0 amide bonds. The van der Waals surface area contributed by atoms with Crippen molar-refractivity contribution < 1.29 is 4.74 Å². The van der Waals surface area contributed by atoms with Gasteiger partial charge in [-0.2, -0.15) is 0 Å². The van der Waals surface area contributed by atoms with Crippen LogP contribution in [0.1, 0.15) is 30.4 Å². The van der Waals surface area contributed by atoms with Crippen LogP contribution < -0.4 is 5.32 Å². The van der Waals surface area contributed by atoms with Crippen molar-refractivity contribution in [1.82, 2.24) is 5.32 Å². The first-order chi connectivity index (χ1) is 8.76. The Morgan fingerprint density at radius 1 is 1.28 bits per heavy atom. The van der Waals surface area contributed by atoms with Gasteiger partial charge in [0.1, 0.15) is 0 Å². The maximum Gasteiger partial charge on any atom is 0.0623 e. The number of hydrogen-bond acceptors (Lipinski definition) is 2. The van der Waals surface area contributed by atoms with Crippen molar-refractivity contribution in [2.24, 2.45) is 5.92 Å². The molecule has 0 aliphatic carbocycles. The predicted molar refractivity (Wildman–Crippen MR) is 73.7 cm³/mol. The van der Waals surface area contributed by atoms with Crippen LogP contribution in [-0.2, 0) is 11.2 Å². The first kappa shape index (κ1) is 12.2. The molecule has 0 saturated carbocycles. The van der Waals surface area contributed by atoms with E-state index in [4.69, 9.17) is 4.74 Å². The summed E-state index contributed by atoms with van der Waals surface area (Å²) in [6, 6.07) is 9.49. The van der Waals surface area contributed by atoms with Crippen LogP contribution in [0.4, 0.5) is 0 Å². The summed E-state index contributed by atoms with van der Waals surface area (Å²) in [7, 11) is 2.09. The van der Waals surface area contributed by atoms with Crippen molar-refractivity contribution in [3.05, 3.63) is 35.4 Å². The summed E-state index contributed by atoms with van der Waals surface area (Å²) in [5, 5.41) is 3.51. The average molecular weight is 245 g/mol. The van der Waals surface area contributed by atoms with E-state index in [1.54, 1.807) is 0 Å². The molecule has 18 heavy (non-hydrogen) atoms. The smallest absolute Gasteiger partial charge is 0.0623 e. The second-order valence-electron chi connectivity index (χ2n) is 5.86. The zero-order valence-corrected chi connectivity index (χ0v) is 11.4. The zero-order valence-electron chi connectivity index (χ0n) is 11.4. The van der Waals surface area contributed by atoms with E-state index < -0.39 is 0 Å². The minimum Gasteiger partial charge on any atom is -0.375 e. The third kappa shape index (κ3) is 2.32. The van der Waals surface area contributed by atoms with Gasteiger partial charge >= 0.3 is 0 Å². The van der Waals surface area contributed by atoms with E-state index in [1.165, 1.54) is 30.4 Å². The first-order valence-electron chi connectivity index (χ1n) is 7.14. The number of rotatable bonds is 4. The van der Waals surface area contributed by atoms with Crippen molar-refractivity contribution in [1.29, 1.82) is 0 Å². The molecule has 2 aliphatic heterocycles. The van der Waals surface area contributed by atoms with Crippen LogP contribution in [-0.4, -0.2) is 25.3 Å². The number of likely N-dealkylation sites (N-methyl/N-ethyl adjacent to an activating group) is 1. The van der Waals surface area contributed by atoms with Gasteiger partial charge < -0.3 is 10.1 Å². The number of benzene rings is 1. The van der Waals surface area contributed by atoms with Crippen LogP contribution in [0.3, 0.4) is 0 Å². The molecular formula is C16H23NO. The number of nitrogens with one attached hydrogen (secondary N) is 1. The summed E-state index contributed by atoms with van der Waals surface area (Å²) in [5.74, 6) is 0.704. The van der Waals surface area contributed by atoms with Gasteiger partial charge in [-0.05, 0) is 45.2 Å². The van der Waals surface area contributed by atoms with Gasteiger partial charge in [0.25, 0.3) is 0 Å². The second-order valence-corrected chi connectivity index (χ2v) is 5.86. The Balaban J connectivity index is 1.67. The molecule has 0 aromatic heterocycles. The molecule has 1 aromatic rings. The van der Waals surface area contributed by atoms with E-state index >= 15 is 0 Å². The highest BCUT2D eigenvalue weighted by molar-refractivity contribution is 5.22. The third-order valence-electron chi connectivity index (χ3n) is 4.62. The fraction of sp³-hybridized carbons (Fsp3) is 0.625. The topological polar surface area (TPSA) is 21.3 Å². The Morgan fingerprint density at radius 2 is 2.06 bits per heavy atom. The second kappa shape index (κ2) is 5.02. The van der Waals surface area contributed by atoms with Gasteiger partial charge in [0.05, 0.1) is 12.2 Å². The maximum atomic E-state index is 5.98. The highest BCUT2D eigenvalue weighted by atomic mass is 16.5. The summed E-state index contributed by atoms with van der Waals surface area (Å²) in [5.41, 5.74) is 2.77. The molecule has 0 radical (unpaired) electrons. The minimum atomic E-state index is 0.512. The maximum absolute atomic E-state index is 5.98. The molecule has 2 nitrogen and oxygen atoms in total. The van der Waals surface area contributed by atoms with E-state index in [1.807, 2.05) is 0 Å². The van der Waals surface area contributed by atoms with Gasteiger partial charge in [0, 0.05) is 12.0 Å². The molecule has 2 aliphatic rings. The van der Waals surface area contributed by atoms with Gasteiger partial charge in [-0.25, -0.2) is 0 Å². The van der Waals surface area contributed by atoms with Crippen molar-refractivity contribution in [2.45, 2.75) is 50.9 Å². The van der Waals surface area contributed by atoms with E-state index in [9.17, 15) is 0 Å². The van der Waals surface area contributed by atoms with Crippen molar-refractivity contribution in [3.63, 3.8) is 0 Å². The lowest BCUT2D eigenvalue weighted by atomic mass is 9.81. The predicted octanol–water partition coefficient (Wildman–Crippen LogP) is 2.69. The van der Waals surface area contributed by atoms with E-state index in [0.717, 1.165) is 6.42 Å². The number of ether oxygens (including phenoxy) is 1. The normalized spacial score (nSPS) is 31.8. The van der Waals surface area contributed by atoms with E-state index in [2.05, 4.69) is 43.6 Å². The standard InChI is InChI=1S/C16H23NO/c1-11-3-5-12(6-4-11)9-15(17-2)14-10-13-7-8-16(14)18-13/h3-6,13-17H,7-10H2,1-2H3. The molecule has 2 heteroatoms. The van der Waals surface area contributed by atoms with Crippen LogP contribution in [0.15, 0.2) is 24.3 Å². The van der Waals surface area contributed by atoms with Gasteiger partial charge in [-0.1, -0.05) is 29.8 Å². The Morgan fingerprint density at radius 3 is 2.61 bits per heavy atom. The molecule has 1 N–H and O–H groups in total. The van der Waals surface area contributed by atoms with Gasteiger partial charge in [0.15, 0.2) is 0 Å². The molecule has 2 heterocycles. The summed E-state index contributed by atoms with van der Waals surface area (Å²) in [4.78, 5) is 0. The SMILES string of the molecule is CNC(Cc1ccc(C)cc1)C1CC2CCC1O2. The molecule has 2 saturated heterocycles. The van der Waals surface area contributed by atoms with Crippen molar-refractivity contribution in [3.8, 4) is 0 Å². The lowest BCUT2D eigenvalue weighted by Crippen LogP contribution is -2.40. The lowest BCUT2D eigenvalue weighted by Gasteiger charge is -2.28. The molecule has 98 valence electrons. The summed E-state index contributed by atoms with van der Waals surface area (Å²) in [6.07, 6.45) is 5.98. The number of fused-ring (bicyclic) bond motifs is 2. The third-order valence-corrected chi connectivity index (χ3v) is 4.62. The Bertz CT molecular complexity index is 400. The monoisotopic (exact) mass is 245 g/mol.